The summed E-state index contributed by atoms with van der Waals surface area (Å²) in [5.74, 6) is 1.02. The van der Waals surface area contributed by atoms with Crippen LogP contribution in [0.4, 0.5) is 0 Å². The molecule has 2 rings (SSSR count). The van der Waals surface area contributed by atoms with Gasteiger partial charge in [-0.15, -0.1) is 0 Å². The van der Waals surface area contributed by atoms with Gasteiger partial charge in [0, 0.05) is 5.56 Å². The molecule has 2 aromatic rings. The molecule has 1 aromatic carbocycles. The lowest BCUT2D eigenvalue weighted by Gasteiger charge is -2.05. The van der Waals surface area contributed by atoms with Crippen molar-refractivity contribution in [3.63, 3.8) is 0 Å². The van der Waals surface area contributed by atoms with Gasteiger partial charge in [0.05, 0.1) is 12.8 Å². The molecule has 0 aliphatic carbocycles. The lowest BCUT2D eigenvalue weighted by molar-refractivity contribution is 0.489. The summed E-state index contributed by atoms with van der Waals surface area (Å²) in [6, 6.07) is 10.9. The van der Waals surface area contributed by atoms with E-state index in [-0.39, 0.29) is 0 Å². The lowest BCUT2D eigenvalue weighted by Crippen LogP contribution is -2.11. The second-order valence-corrected chi connectivity index (χ2v) is 4.84. The van der Waals surface area contributed by atoms with E-state index in [2.05, 4.69) is 43.4 Å². The van der Waals surface area contributed by atoms with Gasteiger partial charge in [0.2, 0.25) is 0 Å². The molecule has 0 atom stereocenters. The molecule has 2 nitrogen and oxygen atoms in total. The highest BCUT2D eigenvalue weighted by Crippen LogP contribution is 2.25. The van der Waals surface area contributed by atoms with Crippen molar-refractivity contribution in [2.24, 2.45) is 0 Å². The number of benzene rings is 1. The molecule has 0 unspecified atom stereocenters. The topological polar surface area (TPSA) is 25.2 Å². The third-order valence-electron chi connectivity index (χ3n) is 3.36. The Morgan fingerprint density at radius 2 is 1.84 bits per heavy atom. The van der Waals surface area contributed by atoms with Crippen LogP contribution in [0.5, 0.6) is 0 Å². The highest BCUT2D eigenvalue weighted by Gasteiger charge is 2.07. The van der Waals surface area contributed by atoms with Gasteiger partial charge >= 0.3 is 0 Å². The minimum absolute atomic E-state index is 0.788. The Labute approximate surface area is 115 Å². The Bertz CT molecular complexity index is 484. The number of aryl methyl sites for hydroxylation is 1. The average Bonchev–Trinajstić information content (AvgIpc) is 2.92. The molecule has 0 saturated carbocycles. The molecule has 0 aliphatic heterocycles. The SMILES string of the molecule is CCCCc1ccc(-c2ccoc2CNCC)cc1. The summed E-state index contributed by atoms with van der Waals surface area (Å²) in [4.78, 5) is 0. The van der Waals surface area contributed by atoms with Gasteiger partial charge in [-0.25, -0.2) is 0 Å². The fourth-order valence-corrected chi connectivity index (χ4v) is 2.21. The van der Waals surface area contributed by atoms with E-state index < -0.39 is 0 Å². The first-order valence-corrected chi connectivity index (χ1v) is 7.21. The second kappa shape index (κ2) is 7.15. The van der Waals surface area contributed by atoms with Crippen molar-refractivity contribution < 1.29 is 4.42 Å². The molecule has 0 saturated heterocycles. The van der Waals surface area contributed by atoms with Crippen LogP contribution in [-0.2, 0) is 13.0 Å². The van der Waals surface area contributed by atoms with Crippen molar-refractivity contribution >= 4 is 0 Å². The van der Waals surface area contributed by atoms with Crippen molar-refractivity contribution in [1.82, 2.24) is 5.32 Å². The normalized spacial score (nSPS) is 10.8. The van der Waals surface area contributed by atoms with E-state index in [4.69, 9.17) is 4.42 Å². The molecule has 1 heterocycles. The van der Waals surface area contributed by atoms with Crippen molar-refractivity contribution in [2.75, 3.05) is 6.54 Å². The van der Waals surface area contributed by atoms with Crippen LogP contribution in [0.3, 0.4) is 0 Å². The Hall–Kier alpha value is -1.54. The van der Waals surface area contributed by atoms with Gasteiger partial charge < -0.3 is 9.73 Å². The van der Waals surface area contributed by atoms with Crippen LogP contribution in [0.15, 0.2) is 41.0 Å². The molecular weight excluding hydrogens is 234 g/mol. The monoisotopic (exact) mass is 257 g/mol. The summed E-state index contributed by atoms with van der Waals surface area (Å²) >= 11 is 0. The highest BCUT2D eigenvalue weighted by atomic mass is 16.3. The predicted octanol–water partition coefficient (Wildman–Crippen LogP) is 4.40. The number of nitrogens with one attached hydrogen (secondary N) is 1. The lowest BCUT2D eigenvalue weighted by atomic mass is 10.0. The zero-order valence-corrected chi connectivity index (χ0v) is 11.9. The summed E-state index contributed by atoms with van der Waals surface area (Å²) < 4.78 is 5.55. The number of rotatable bonds is 7. The molecular formula is C17H23NO. The largest absolute Gasteiger partial charge is 0.467 e. The second-order valence-electron chi connectivity index (χ2n) is 4.84. The zero-order valence-electron chi connectivity index (χ0n) is 11.9. The van der Waals surface area contributed by atoms with E-state index in [1.165, 1.54) is 36.0 Å². The van der Waals surface area contributed by atoms with Crippen molar-refractivity contribution in [1.29, 1.82) is 0 Å². The van der Waals surface area contributed by atoms with Gasteiger partial charge in [0.15, 0.2) is 0 Å². The van der Waals surface area contributed by atoms with Gasteiger partial charge in [-0.1, -0.05) is 44.5 Å². The highest BCUT2D eigenvalue weighted by molar-refractivity contribution is 5.65. The number of unbranched alkanes of at least 4 members (excludes halogenated alkanes) is 1. The number of furan rings is 1. The maximum atomic E-state index is 5.55. The maximum absolute atomic E-state index is 5.55. The van der Waals surface area contributed by atoms with E-state index in [9.17, 15) is 0 Å². The molecule has 1 N–H and O–H groups in total. The molecule has 1 aromatic heterocycles. The van der Waals surface area contributed by atoms with Gasteiger partial charge in [0.1, 0.15) is 5.76 Å². The fourth-order valence-electron chi connectivity index (χ4n) is 2.21. The maximum Gasteiger partial charge on any atom is 0.125 e. The number of hydrogen-bond donors (Lipinski definition) is 1. The molecule has 0 fully saturated rings. The first kappa shape index (κ1) is 13.9. The quantitative estimate of drug-likeness (QED) is 0.795. The van der Waals surface area contributed by atoms with Crippen LogP contribution in [0, 0.1) is 0 Å². The van der Waals surface area contributed by atoms with Crippen LogP contribution in [0.25, 0.3) is 11.1 Å². The summed E-state index contributed by atoms with van der Waals surface area (Å²) in [5, 5.41) is 3.31. The van der Waals surface area contributed by atoms with E-state index in [0.29, 0.717) is 0 Å². The Balaban J connectivity index is 2.11. The summed E-state index contributed by atoms with van der Waals surface area (Å²) in [5.41, 5.74) is 3.85. The summed E-state index contributed by atoms with van der Waals surface area (Å²) in [6.45, 7) is 6.07. The van der Waals surface area contributed by atoms with Crippen LogP contribution < -0.4 is 5.32 Å². The van der Waals surface area contributed by atoms with Crippen molar-refractivity contribution in [2.45, 2.75) is 39.7 Å². The zero-order chi connectivity index (χ0) is 13.5. The Morgan fingerprint density at radius 1 is 1.05 bits per heavy atom. The number of hydrogen-bond acceptors (Lipinski definition) is 2. The average molecular weight is 257 g/mol. The minimum atomic E-state index is 0.788. The molecule has 0 amide bonds. The molecule has 19 heavy (non-hydrogen) atoms. The fraction of sp³-hybridized carbons (Fsp3) is 0.412. The van der Waals surface area contributed by atoms with Crippen molar-refractivity contribution in [3.05, 3.63) is 47.9 Å². The smallest absolute Gasteiger partial charge is 0.125 e. The third kappa shape index (κ3) is 3.71. The summed E-state index contributed by atoms with van der Waals surface area (Å²) in [7, 11) is 0. The van der Waals surface area contributed by atoms with Gasteiger partial charge in [0.25, 0.3) is 0 Å². The molecule has 0 spiro atoms. The van der Waals surface area contributed by atoms with E-state index in [0.717, 1.165) is 18.8 Å². The molecule has 0 bridgehead atoms. The van der Waals surface area contributed by atoms with Crippen LogP contribution in [0.1, 0.15) is 38.0 Å². The summed E-state index contributed by atoms with van der Waals surface area (Å²) in [6.07, 6.45) is 5.45. The van der Waals surface area contributed by atoms with Gasteiger partial charge in [-0.3, -0.25) is 0 Å². The molecule has 2 heteroatoms. The Morgan fingerprint density at radius 3 is 2.53 bits per heavy atom. The minimum Gasteiger partial charge on any atom is -0.467 e. The van der Waals surface area contributed by atoms with Gasteiger partial charge in [-0.05, 0) is 36.6 Å². The standard InChI is InChI=1S/C17H23NO/c1-3-5-6-14-7-9-15(10-8-14)16-11-12-19-17(16)13-18-4-2/h7-12,18H,3-6,13H2,1-2H3. The van der Waals surface area contributed by atoms with Crippen LogP contribution in [0.2, 0.25) is 0 Å². The molecule has 0 aliphatic rings. The van der Waals surface area contributed by atoms with E-state index in [1.54, 1.807) is 6.26 Å². The first-order valence-electron chi connectivity index (χ1n) is 7.21. The molecule has 102 valence electrons. The van der Waals surface area contributed by atoms with E-state index in [1.807, 2.05) is 6.07 Å². The third-order valence-corrected chi connectivity index (χ3v) is 3.36. The Kier molecular flexibility index (Phi) is 5.22. The first-order chi connectivity index (χ1) is 9.35. The molecule has 0 radical (unpaired) electrons. The predicted molar refractivity (Wildman–Crippen MR) is 80.1 cm³/mol. The van der Waals surface area contributed by atoms with Crippen molar-refractivity contribution in [3.8, 4) is 11.1 Å². The van der Waals surface area contributed by atoms with Gasteiger partial charge in [-0.2, -0.15) is 0 Å². The van der Waals surface area contributed by atoms with Crippen LogP contribution in [-0.4, -0.2) is 6.54 Å². The van der Waals surface area contributed by atoms with Crippen LogP contribution >= 0.6 is 0 Å². The van der Waals surface area contributed by atoms with E-state index >= 15 is 0 Å².